The minimum absolute atomic E-state index is 0.0230. The average molecular weight is 1260 g/mol. The van der Waals surface area contributed by atoms with Gasteiger partial charge >= 0.3 is 6.18 Å². The Morgan fingerprint density at radius 2 is 1.02 bits per heavy atom. The summed E-state index contributed by atoms with van der Waals surface area (Å²) >= 11 is 9.32. The van der Waals surface area contributed by atoms with E-state index in [1.54, 1.807) is 36.4 Å². The zero-order valence-corrected chi connectivity index (χ0v) is 49.9. The zero-order valence-electron chi connectivity index (χ0n) is 45.9. The number of halogens is 5. The molecule has 4 heterocycles. The Kier molecular flexibility index (Phi) is 18.0. The van der Waals surface area contributed by atoms with Gasteiger partial charge in [0, 0.05) is 64.3 Å². The maximum atomic E-state index is 13.2. The van der Waals surface area contributed by atoms with E-state index in [2.05, 4.69) is 86.1 Å². The number of rotatable bonds is 18. The first-order valence-electron chi connectivity index (χ1n) is 28.3. The van der Waals surface area contributed by atoms with Gasteiger partial charge in [-0.25, -0.2) is 36.8 Å². The minimum Gasteiger partial charge on any atom is -0.354 e. The number of sulfonamides is 2. The number of fused-ring (bicyclic) bond motifs is 6. The van der Waals surface area contributed by atoms with Crippen LogP contribution in [0.1, 0.15) is 89.3 Å². The van der Waals surface area contributed by atoms with Gasteiger partial charge in [0.25, 0.3) is 20.0 Å². The van der Waals surface area contributed by atoms with Gasteiger partial charge in [-0.15, -0.1) is 0 Å². The fourth-order valence-corrected chi connectivity index (χ4v) is 14.5. The molecule has 0 spiro atoms. The first kappa shape index (κ1) is 58.8. The van der Waals surface area contributed by atoms with Gasteiger partial charge < -0.3 is 20.4 Å². The second-order valence-corrected chi connectivity index (χ2v) is 26.2. The van der Waals surface area contributed by atoms with Crippen LogP contribution in [0.15, 0.2) is 166 Å². The maximum absolute atomic E-state index is 13.2. The SMILES string of the molecule is O=S(=O)(Nc1ccc(C2Cc3cnc(NCCCN4CCCC4)nc3-c3ccccc32)cc1)c1cc(C(F)(F)F)ccc1Cl.O=S(=O)(Nc1ccc(C2Cc3cnc(NCCCN4CCCC4)nc3-c3ccccc32)cc1)c1ccc(Br)cc1. The van der Waals surface area contributed by atoms with Crippen molar-refractivity contribution in [3.05, 3.63) is 200 Å². The van der Waals surface area contributed by atoms with Crippen LogP contribution in [-0.2, 0) is 39.1 Å². The Hall–Kier alpha value is -6.94. The van der Waals surface area contributed by atoms with Crippen LogP contribution in [0.4, 0.5) is 36.4 Å². The molecule has 2 unspecified atom stereocenters. The molecular weight excluding hydrogens is 1200 g/mol. The van der Waals surface area contributed by atoms with Crippen LogP contribution < -0.4 is 20.1 Å². The Labute approximate surface area is 502 Å². The van der Waals surface area contributed by atoms with Crippen LogP contribution in [0.5, 0.6) is 0 Å². The summed E-state index contributed by atoms with van der Waals surface area (Å²) in [5, 5.41) is 6.49. The zero-order chi connectivity index (χ0) is 58.4. The Bertz CT molecular complexity index is 3850. The van der Waals surface area contributed by atoms with E-state index in [0.717, 1.165) is 112 Å². The second-order valence-electron chi connectivity index (χ2n) is 21.5. The van der Waals surface area contributed by atoms with Gasteiger partial charge in [0.15, 0.2) is 0 Å². The van der Waals surface area contributed by atoms with Crippen molar-refractivity contribution < 1.29 is 30.0 Å². The number of anilines is 4. The number of nitrogens with one attached hydrogen (secondary N) is 4. The topological polar surface area (TPSA) is 174 Å². The molecule has 0 saturated carbocycles. The molecule has 0 bridgehead atoms. The van der Waals surface area contributed by atoms with Gasteiger partial charge in [0.2, 0.25) is 11.9 Å². The van der Waals surface area contributed by atoms with Crippen molar-refractivity contribution in [3.63, 3.8) is 0 Å². The van der Waals surface area contributed by atoms with Crippen molar-refractivity contribution in [2.75, 3.05) is 72.4 Å². The highest BCUT2D eigenvalue weighted by Crippen LogP contribution is 2.44. The lowest BCUT2D eigenvalue weighted by Crippen LogP contribution is -2.22. The molecule has 2 fully saturated rings. The normalized spacial score (nSPS) is 16.8. The van der Waals surface area contributed by atoms with E-state index in [9.17, 15) is 30.0 Å². The lowest BCUT2D eigenvalue weighted by atomic mass is 9.78. The highest BCUT2D eigenvalue weighted by atomic mass is 79.9. The van der Waals surface area contributed by atoms with E-state index in [0.29, 0.717) is 30.1 Å². The molecule has 2 saturated heterocycles. The summed E-state index contributed by atoms with van der Waals surface area (Å²) in [5.74, 6) is 1.39. The molecule has 2 aromatic heterocycles. The highest BCUT2D eigenvalue weighted by Gasteiger charge is 2.34. The molecule has 4 N–H and O–H groups in total. The lowest BCUT2D eigenvalue weighted by Gasteiger charge is -2.27. The van der Waals surface area contributed by atoms with E-state index < -0.39 is 36.7 Å². The van der Waals surface area contributed by atoms with Crippen LogP contribution >= 0.6 is 27.5 Å². The van der Waals surface area contributed by atoms with Crippen LogP contribution in [0.2, 0.25) is 5.02 Å². The smallest absolute Gasteiger partial charge is 0.354 e. The quantitative estimate of drug-likeness (QED) is 0.0600. The monoisotopic (exact) mass is 1260 g/mol. The number of hydrogen-bond acceptors (Lipinski definition) is 12. The predicted molar refractivity (Wildman–Crippen MR) is 329 cm³/mol. The highest BCUT2D eigenvalue weighted by molar-refractivity contribution is 9.10. The van der Waals surface area contributed by atoms with E-state index in [1.807, 2.05) is 67.0 Å². The third-order valence-corrected chi connectivity index (χ3v) is 19.6. The van der Waals surface area contributed by atoms with Gasteiger partial charge in [-0.3, -0.25) is 9.44 Å². The molecule has 2 aliphatic heterocycles. The number of hydrogen-bond donors (Lipinski definition) is 4. The molecular formula is C63H63BrClF3N10O4S2. The van der Waals surface area contributed by atoms with Gasteiger partial charge in [-0.05, 0) is 191 Å². The largest absolute Gasteiger partial charge is 0.416 e. The first-order chi connectivity index (χ1) is 40.5. The third-order valence-electron chi connectivity index (χ3n) is 15.8. The van der Waals surface area contributed by atoms with E-state index >= 15 is 0 Å². The van der Waals surface area contributed by atoms with Gasteiger partial charge in [-0.1, -0.05) is 100 Å². The Balaban J connectivity index is 0.000000176. The predicted octanol–water partition coefficient (Wildman–Crippen LogP) is 13.5. The molecule has 2 aliphatic carbocycles. The van der Waals surface area contributed by atoms with Crippen molar-refractivity contribution in [1.82, 2.24) is 29.7 Å². The van der Waals surface area contributed by atoms with Gasteiger partial charge in [0.1, 0.15) is 4.90 Å². The first-order valence-corrected chi connectivity index (χ1v) is 32.4. The lowest BCUT2D eigenvalue weighted by molar-refractivity contribution is -0.137. The minimum atomic E-state index is -4.71. The summed E-state index contributed by atoms with van der Waals surface area (Å²) in [6.45, 7) is 8.65. The molecule has 8 aromatic rings. The number of likely N-dealkylation sites (tertiary alicyclic amines) is 2. The summed E-state index contributed by atoms with van der Waals surface area (Å²) in [6.07, 6.45) is 7.86. The number of aromatic nitrogens is 4. The molecule has 12 rings (SSSR count). The molecule has 14 nitrogen and oxygen atoms in total. The van der Waals surface area contributed by atoms with Crippen molar-refractivity contribution >= 4 is 70.8 Å². The Morgan fingerprint density at radius 3 is 1.49 bits per heavy atom. The summed E-state index contributed by atoms with van der Waals surface area (Å²) in [7, 11) is -8.05. The molecule has 2 atom stereocenters. The number of alkyl halides is 3. The van der Waals surface area contributed by atoms with Gasteiger partial charge in [-0.2, -0.15) is 13.2 Å². The van der Waals surface area contributed by atoms with Crippen LogP contribution in [0.25, 0.3) is 22.5 Å². The second kappa shape index (κ2) is 25.7. The molecule has 436 valence electrons. The fourth-order valence-electron chi connectivity index (χ4n) is 11.5. The molecule has 0 radical (unpaired) electrons. The van der Waals surface area contributed by atoms with E-state index in [-0.39, 0.29) is 27.4 Å². The fraction of sp³-hybridized carbons (Fsp3) is 0.302. The van der Waals surface area contributed by atoms with Crippen molar-refractivity contribution in [3.8, 4) is 22.5 Å². The van der Waals surface area contributed by atoms with E-state index in [1.165, 1.54) is 57.4 Å². The van der Waals surface area contributed by atoms with Crippen molar-refractivity contribution in [2.45, 2.75) is 79.2 Å². The molecule has 21 heteroatoms. The molecule has 0 amide bonds. The van der Waals surface area contributed by atoms with Crippen molar-refractivity contribution in [1.29, 1.82) is 0 Å². The van der Waals surface area contributed by atoms with E-state index in [4.69, 9.17) is 21.6 Å². The van der Waals surface area contributed by atoms with Crippen molar-refractivity contribution in [2.24, 2.45) is 0 Å². The van der Waals surface area contributed by atoms with Gasteiger partial charge in [0.05, 0.1) is 26.9 Å². The number of benzene rings is 6. The molecule has 6 aromatic carbocycles. The summed E-state index contributed by atoms with van der Waals surface area (Å²) in [5.41, 5.74) is 10.2. The van der Waals surface area contributed by atoms with Crippen LogP contribution in [0.3, 0.4) is 0 Å². The Morgan fingerprint density at radius 1 is 0.571 bits per heavy atom. The van der Waals surface area contributed by atoms with Crippen LogP contribution in [0, 0.1) is 0 Å². The molecule has 84 heavy (non-hydrogen) atoms. The summed E-state index contributed by atoms with van der Waals surface area (Å²) < 4.78 is 97.1. The average Bonchev–Trinajstić information content (AvgIpc) is 3.08. The number of nitrogens with zero attached hydrogens (tertiary/aromatic N) is 6. The third kappa shape index (κ3) is 13.9. The maximum Gasteiger partial charge on any atom is 0.416 e. The van der Waals surface area contributed by atoms with Crippen LogP contribution in [-0.4, -0.2) is 98.9 Å². The summed E-state index contributed by atoms with van der Waals surface area (Å²) in [6, 6.07) is 39.8. The molecule has 4 aliphatic rings. The summed E-state index contributed by atoms with van der Waals surface area (Å²) in [4.78, 5) is 23.6. The standard InChI is InChI=1S/C32H31ClF3N5O2S.C31H32BrN5O2S/c33-28-13-10-23(32(34,35)36)19-29(28)44(42,43)40-24-11-8-21(9-12-24)27-18-22-20-38-31(37-14-5-17-41-15-3-4-16-41)39-30(22)26-7-2-1-6-25(26)27;32-24-10-14-26(15-11-24)40(38,39)36-25-12-8-22(9-13-25)29-20-23-21-34-31(33-16-5-19-37-17-3-4-18-37)35-30(23)28-7-2-1-6-27(28)29/h1-2,6-13,19-20,27,40H,3-5,14-18H2,(H,37,38,39);1-2,6-15,21,29,36H,3-5,16-20H2,(H,33,34,35).